The van der Waals surface area contributed by atoms with Crippen molar-refractivity contribution in [2.45, 2.75) is 38.5 Å². The summed E-state index contributed by atoms with van der Waals surface area (Å²) < 4.78 is 32.4. The van der Waals surface area contributed by atoms with Gasteiger partial charge in [-0.2, -0.15) is 4.98 Å². The average Bonchev–Trinajstić information content (AvgIpc) is 3.64. The van der Waals surface area contributed by atoms with E-state index < -0.39 is 17.2 Å². The van der Waals surface area contributed by atoms with E-state index in [1.807, 2.05) is 73.7 Å². The summed E-state index contributed by atoms with van der Waals surface area (Å²) in [4.78, 5) is 17.3. The summed E-state index contributed by atoms with van der Waals surface area (Å²) in [6.45, 7) is 6.14. The summed E-state index contributed by atoms with van der Waals surface area (Å²) in [5.41, 5.74) is 9.85. The van der Waals surface area contributed by atoms with Gasteiger partial charge in [-0.1, -0.05) is 66.2 Å². The molecule has 5 rings (SSSR count). The van der Waals surface area contributed by atoms with Crippen molar-refractivity contribution in [3.05, 3.63) is 95.6 Å². The Labute approximate surface area is 224 Å². The number of allylic oxidation sites excluding steroid dienone is 1. The number of hydrogen-bond acceptors (Lipinski definition) is 5. The molecule has 2 heterocycles. The molecule has 196 valence electrons. The van der Waals surface area contributed by atoms with Crippen LogP contribution < -0.4 is 10.0 Å². The summed E-state index contributed by atoms with van der Waals surface area (Å²) in [6, 6.07) is 19.3. The summed E-state index contributed by atoms with van der Waals surface area (Å²) in [7, 11) is 0. The van der Waals surface area contributed by atoms with Crippen LogP contribution in [-0.2, 0) is 17.7 Å². The van der Waals surface area contributed by atoms with Gasteiger partial charge in [-0.25, -0.2) is 0 Å². The number of aromatic nitrogens is 1. The molecule has 2 unspecified atom stereocenters. The number of furan rings is 1. The number of anilines is 1. The molecule has 1 saturated carbocycles. The van der Waals surface area contributed by atoms with Crippen molar-refractivity contribution in [2.75, 3.05) is 10.8 Å². The number of aryl methyl sites for hydroxylation is 1. The minimum absolute atomic E-state index is 0.0175. The Morgan fingerprint density at radius 1 is 1.24 bits per heavy atom. The van der Waals surface area contributed by atoms with E-state index in [2.05, 4.69) is 6.58 Å². The number of nitrogens with two attached hydrogens (primary N) is 1. The largest absolute Gasteiger partial charge is 0.755 e. The molecule has 1 fully saturated rings. The molecule has 2 N–H and O–H groups in total. The predicted molar refractivity (Wildman–Crippen MR) is 149 cm³/mol. The minimum atomic E-state index is -2.57. The maximum absolute atomic E-state index is 12.6. The van der Waals surface area contributed by atoms with Crippen molar-refractivity contribution in [2.24, 2.45) is 11.7 Å². The van der Waals surface area contributed by atoms with Crippen LogP contribution in [0.1, 0.15) is 52.2 Å². The SMILES string of the molecule is C=CC(CCN(c1nc2oc(-c3ccc(C)cc3)c(C(N)=O)c2cc1CC1CC1)S(=O)[O-])c1ccccc1. The van der Waals surface area contributed by atoms with Crippen molar-refractivity contribution in [3.63, 3.8) is 0 Å². The van der Waals surface area contributed by atoms with E-state index in [1.54, 1.807) is 0 Å². The van der Waals surface area contributed by atoms with Gasteiger partial charge < -0.3 is 14.7 Å². The van der Waals surface area contributed by atoms with Crippen LogP contribution in [0, 0.1) is 12.8 Å². The zero-order chi connectivity index (χ0) is 26.8. The molecule has 2 aromatic carbocycles. The first-order chi connectivity index (χ1) is 18.4. The van der Waals surface area contributed by atoms with Gasteiger partial charge in [0.15, 0.2) is 0 Å². The van der Waals surface area contributed by atoms with Gasteiger partial charge in [0.1, 0.15) is 11.6 Å². The molecule has 0 spiro atoms. The van der Waals surface area contributed by atoms with Crippen molar-refractivity contribution in [1.82, 2.24) is 4.98 Å². The van der Waals surface area contributed by atoms with Gasteiger partial charge in [0.05, 0.1) is 10.9 Å². The topological polar surface area (TPSA) is 112 Å². The lowest BCUT2D eigenvalue weighted by Gasteiger charge is -2.28. The first-order valence-electron chi connectivity index (χ1n) is 12.7. The predicted octanol–water partition coefficient (Wildman–Crippen LogP) is 5.82. The molecule has 4 aromatic rings. The van der Waals surface area contributed by atoms with Crippen LogP contribution in [0.5, 0.6) is 0 Å². The number of fused-ring (bicyclic) bond motifs is 1. The van der Waals surface area contributed by atoms with Gasteiger partial charge in [0, 0.05) is 29.3 Å². The van der Waals surface area contributed by atoms with Gasteiger partial charge in [0.25, 0.3) is 5.91 Å². The van der Waals surface area contributed by atoms with Crippen LogP contribution in [-0.4, -0.2) is 26.2 Å². The summed E-state index contributed by atoms with van der Waals surface area (Å²) >= 11 is -2.57. The molecule has 38 heavy (non-hydrogen) atoms. The van der Waals surface area contributed by atoms with E-state index in [1.165, 1.54) is 4.31 Å². The van der Waals surface area contributed by atoms with Crippen molar-refractivity contribution >= 4 is 34.1 Å². The lowest BCUT2D eigenvalue weighted by Crippen LogP contribution is -2.29. The number of benzene rings is 2. The molecule has 8 heteroatoms. The molecule has 0 bridgehead atoms. The Morgan fingerprint density at radius 3 is 2.55 bits per heavy atom. The molecule has 1 aliphatic rings. The Bertz CT molecular complexity index is 1490. The lowest BCUT2D eigenvalue weighted by atomic mass is 9.96. The quantitative estimate of drug-likeness (QED) is 0.195. The van der Waals surface area contributed by atoms with E-state index in [0.717, 1.165) is 29.5 Å². The first kappa shape index (κ1) is 25.9. The minimum Gasteiger partial charge on any atom is -0.755 e. The van der Waals surface area contributed by atoms with Crippen LogP contribution in [0.3, 0.4) is 0 Å². The highest BCUT2D eigenvalue weighted by atomic mass is 32.2. The van der Waals surface area contributed by atoms with Crippen molar-refractivity contribution in [1.29, 1.82) is 0 Å². The molecular weight excluding hydrogens is 498 g/mol. The van der Waals surface area contributed by atoms with Gasteiger partial charge in [-0.15, -0.1) is 6.58 Å². The van der Waals surface area contributed by atoms with E-state index >= 15 is 0 Å². The van der Waals surface area contributed by atoms with E-state index in [-0.39, 0.29) is 23.7 Å². The molecule has 2 aromatic heterocycles. The highest BCUT2D eigenvalue weighted by Crippen LogP contribution is 2.40. The van der Waals surface area contributed by atoms with E-state index in [0.29, 0.717) is 41.3 Å². The number of pyridine rings is 1. The van der Waals surface area contributed by atoms with Gasteiger partial charge in [0.2, 0.25) is 5.71 Å². The third-order valence-electron chi connectivity index (χ3n) is 7.08. The number of amides is 1. The maximum Gasteiger partial charge on any atom is 0.253 e. The normalized spacial score (nSPS) is 14.8. The lowest BCUT2D eigenvalue weighted by molar-refractivity contribution is 0.100. The smallest absolute Gasteiger partial charge is 0.253 e. The fourth-order valence-electron chi connectivity index (χ4n) is 4.84. The molecule has 7 nitrogen and oxygen atoms in total. The van der Waals surface area contributed by atoms with Crippen LogP contribution >= 0.6 is 0 Å². The third-order valence-corrected chi connectivity index (χ3v) is 7.79. The molecule has 1 aliphatic carbocycles. The number of hydrogen-bond donors (Lipinski definition) is 1. The zero-order valence-electron chi connectivity index (χ0n) is 21.3. The molecular formula is C30H30N3O4S-. The monoisotopic (exact) mass is 528 g/mol. The van der Waals surface area contributed by atoms with E-state index in [9.17, 15) is 13.6 Å². The Balaban J connectivity index is 1.58. The number of carbonyl (C=O) groups excluding carboxylic acids is 1. The van der Waals surface area contributed by atoms with Crippen LogP contribution in [0.25, 0.3) is 22.4 Å². The molecule has 0 radical (unpaired) electrons. The second-order valence-corrected chi connectivity index (χ2v) is 10.7. The number of carbonyl (C=O) groups is 1. The van der Waals surface area contributed by atoms with Crippen molar-refractivity contribution in [3.8, 4) is 11.3 Å². The number of primary amides is 1. The molecule has 1 amide bonds. The number of nitrogens with zero attached hydrogens (tertiary/aromatic N) is 2. The third kappa shape index (κ3) is 5.42. The van der Waals surface area contributed by atoms with Crippen LogP contribution in [0.2, 0.25) is 0 Å². The summed E-state index contributed by atoms with van der Waals surface area (Å²) in [6.07, 6.45) is 5.19. The fourth-order valence-corrected chi connectivity index (χ4v) is 5.39. The molecule has 0 saturated heterocycles. The second-order valence-electron chi connectivity index (χ2n) is 9.87. The van der Waals surface area contributed by atoms with Crippen molar-refractivity contribution < 1.29 is 18.0 Å². The Kier molecular flexibility index (Phi) is 7.44. The van der Waals surface area contributed by atoms with E-state index in [4.69, 9.17) is 15.1 Å². The van der Waals surface area contributed by atoms with Crippen LogP contribution in [0.4, 0.5) is 5.82 Å². The van der Waals surface area contributed by atoms with Gasteiger partial charge in [-0.05, 0) is 55.7 Å². The Morgan fingerprint density at radius 2 is 1.95 bits per heavy atom. The fraction of sp³-hybridized carbons (Fsp3) is 0.267. The second kappa shape index (κ2) is 10.9. The highest BCUT2D eigenvalue weighted by molar-refractivity contribution is 7.80. The van der Waals surface area contributed by atoms with Gasteiger partial charge in [-0.3, -0.25) is 13.3 Å². The number of rotatable bonds is 11. The molecule has 2 atom stereocenters. The maximum atomic E-state index is 12.6. The van der Waals surface area contributed by atoms with Gasteiger partial charge >= 0.3 is 0 Å². The zero-order valence-corrected chi connectivity index (χ0v) is 22.1. The summed E-state index contributed by atoms with van der Waals surface area (Å²) in [5, 5.41) is 0.498. The standard InChI is InChI=1S/C30H31N3O4S/c1-3-21(22-7-5-4-6-8-22)15-16-33(38(35)36)29-24(17-20-11-12-20)18-25-26(28(31)34)27(37-30(25)32-29)23-13-9-19(2)10-14-23/h3-10,13-14,18,20-21H,1,11-12,15-17H2,2H3,(H2,31,34)(H,35,36)/p-1. The molecule has 0 aliphatic heterocycles. The highest BCUT2D eigenvalue weighted by Gasteiger charge is 2.29. The Hall–Kier alpha value is -3.75. The average molecular weight is 529 g/mol. The summed E-state index contributed by atoms with van der Waals surface area (Å²) in [5.74, 6) is 0.484. The first-order valence-corrected chi connectivity index (χ1v) is 13.8. The van der Waals surface area contributed by atoms with Crippen LogP contribution in [0.15, 0.2) is 77.7 Å².